The molecule has 1 aromatic rings. The Hall–Kier alpha value is 0.180. The molecule has 1 heterocycles. The van der Waals surface area contributed by atoms with Crippen LogP contribution in [0.2, 0.25) is 0 Å². The molecule has 0 aliphatic carbocycles. The lowest BCUT2D eigenvalue weighted by Gasteiger charge is -2.13. The fraction of sp³-hybridized carbons (Fsp3) is 0.538. The number of halogens is 3. The predicted molar refractivity (Wildman–Crippen MR) is 88.6 cm³/mol. The smallest absolute Gasteiger partial charge is 0.261 e. The first-order valence-corrected chi connectivity index (χ1v) is 10.5. The highest BCUT2D eigenvalue weighted by Gasteiger charge is 2.17. The van der Waals surface area contributed by atoms with E-state index in [1.807, 2.05) is 0 Å². The molecule has 0 radical (unpaired) electrons. The molecule has 1 atom stereocenters. The average molecular weight is 463 g/mol. The van der Waals surface area contributed by atoms with E-state index in [2.05, 4.69) is 31.9 Å². The fourth-order valence-electron chi connectivity index (χ4n) is 2.17. The van der Waals surface area contributed by atoms with Crippen molar-refractivity contribution >= 4 is 51.6 Å². The standard InChI is InChI=1S/C13H15Br2ClO4S/c14-11-7-10(21(16,17)18)8-12(15)13(11)20-6-2-4-9-3-1-5-19-9/h7-9H,1-6H2. The summed E-state index contributed by atoms with van der Waals surface area (Å²) in [4.78, 5) is 0.0228. The molecule has 1 unspecified atom stereocenters. The first kappa shape index (κ1) is 17.5. The van der Waals surface area contributed by atoms with Crippen molar-refractivity contribution in [1.29, 1.82) is 0 Å². The van der Waals surface area contributed by atoms with Gasteiger partial charge < -0.3 is 9.47 Å². The molecule has 1 aromatic carbocycles. The summed E-state index contributed by atoms with van der Waals surface area (Å²) in [5, 5.41) is 0. The molecule has 1 saturated heterocycles. The second kappa shape index (κ2) is 7.64. The molecule has 0 saturated carbocycles. The van der Waals surface area contributed by atoms with Crippen LogP contribution >= 0.6 is 42.5 Å². The van der Waals surface area contributed by atoms with Gasteiger partial charge in [-0.05, 0) is 69.7 Å². The van der Waals surface area contributed by atoms with Gasteiger partial charge in [-0.15, -0.1) is 0 Å². The molecule has 1 aliphatic rings. The molecule has 118 valence electrons. The molecule has 2 rings (SSSR count). The van der Waals surface area contributed by atoms with Crippen molar-refractivity contribution in [3.05, 3.63) is 21.1 Å². The van der Waals surface area contributed by atoms with Crippen LogP contribution in [0.4, 0.5) is 0 Å². The molecule has 0 spiro atoms. The molecular formula is C13H15Br2ClO4S. The number of benzene rings is 1. The third-order valence-corrected chi connectivity index (χ3v) is 5.71. The van der Waals surface area contributed by atoms with Gasteiger partial charge in [0.05, 0.1) is 26.6 Å². The van der Waals surface area contributed by atoms with E-state index >= 15 is 0 Å². The third-order valence-electron chi connectivity index (χ3n) is 3.19. The zero-order valence-corrected chi connectivity index (χ0v) is 15.9. The highest BCUT2D eigenvalue weighted by atomic mass is 79.9. The Bertz CT molecular complexity index is 577. The summed E-state index contributed by atoms with van der Waals surface area (Å²) in [6.45, 7) is 1.40. The second-order valence-electron chi connectivity index (χ2n) is 4.78. The Morgan fingerprint density at radius 1 is 1.33 bits per heavy atom. The average Bonchev–Trinajstić information content (AvgIpc) is 2.88. The van der Waals surface area contributed by atoms with Crippen LogP contribution in [-0.2, 0) is 13.8 Å². The molecule has 0 aromatic heterocycles. The van der Waals surface area contributed by atoms with E-state index in [9.17, 15) is 8.42 Å². The zero-order valence-electron chi connectivity index (χ0n) is 11.1. The van der Waals surface area contributed by atoms with Gasteiger partial charge in [0, 0.05) is 17.3 Å². The molecule has 1 fully saturated rings. The van der Waals surface area contributed by atoms with Gasteiger partial charge in [0.15, 0.2) is 0 Å². The number of rotatable bonds is 6. The SMILES string of the molecule is O=S(=O)(Cl)c1cc(Br)c(OCCCC2CCCO2)c(Br)c1. The summed E-state index contributed by atoms with van der Waals surface area (Å²) in [6.07, 6.45) is 4.47. The van der Waals surface area contributed by atoms with E-state index in [-0.39, 0.29) is 4.90 Å². The summed E-state index contributed by atoms with van der Waals surface area (Å²) in [5.74, 6) is 0.575. The molecule has 0 bridgehead atoms. The lowest BCUT2D eigenvalue weighted by Crippen LogP contribution is -2.08. The van der Waals surface area contributed by atoms with Crippen molar-refractivity contribution < 1.29 is 17.9 Å². The van der Waals surface area contributed by atoms with Gasteiger partial charge in [-0.2, -0.15) is 0 Å². The van der Waals surface area contributed by atoms with Crippen LogP contribution in [0.15, 0.2) is 26.0 Å². The first-order valence-electron chi connectivity index (χ1n) is 6.56. The summed E-state index contributed by atoms with van der Waals surface area (Å²) < 4.78 is 35.0. The van der Waals surface area contributed by atoms with Crippen LogP contribution in [0.5, 0.6) is 5.75 Å². The van der Waals surface area contributed by atoms with E-state index in [4.69, 9.17) is 20.2 Å². The van der Waals surface area contributed by atoms with Gasteiger partial charge in [-0.25, -0.2) is 8.42 Å². The van der Waals surface area contributed by atoms with Crippen molar-refractivity contribution in [2.24, 2.45) is 0 Å². The van der Waals surface area contributed by atoms with Crippen LogP contribution < -0.4 is 4.74 Å². The molecule has 1 aliphatic heterocycles. The number of hydrogen-bond donors (Lipinski definition) is 0. The van der Waals surface area contributed by atoms with Gasteiger partial charge >= 0.3 is 0 Å². The zero-order chi connectivity index (χ0) is 15.5. The van der Waals surface area contributed by atoms with Crippen LogP contribution in [0.3, 0.4) is 0 Å². The van der Waals surface area contributed by atoms with Crippen LogP contribution in [0, 0.1) is 0 Å². The Balaban J connectivity index is 1.93. The summed E-state index contributed by atoms with van der Waals surface area (Å²) in [5.41, 5.74) is 0. The maximum Gasteiger partial charge on any atom is 0.261 e. The van der Waals surface area contributed by atoms with Gasteiger partial charge in [-0.1, -0.05) is 0 Å². The predicted octanol–water partition coefficient (Wildman–Crippen LogP) is 4.48. The van der Waals surface area contributed by atoms with Crippen LogP contribution in [0.1, 0.15) is 25.7 Å². The summed E-state index contributed by atoms with van der Waals surface area (Å²) in [6, 6.07) is 2.87. The third kappa shape index (κ3) is 5.10. The lowest BCUT2D eigenvalue weighted by atomic mass is 10.1. The topological polar surface area (TPSA) is 52.6 Å². The van der Waals surface area contributed by atoms with Crippen molar-refractivity contribution in [3.63, 3.8) is 0 Å². The van der Waals surface area contributed by atoms with Gasteiger partial charge in [0.1, 0.15) is 5.75 Å². The van der Waals surface area contributed by atoms with Crippen LogP contribution in [-0.4, -0.2) is 27.7 Å². The van der Waals surface area contributed by atoms with Crippen molar-refractivity contribution in [2.45, 2.75) is 36.7 Å². The highest BCUT2D eigenvalue weighted by Crippen LogP contribution is 2.37. The quantitative estimate of drug-likeness (QED) is 0.462. The number of ether oxygens (including phenoxy) is 2. The molecule has 0 N–H and O–H groups in total. The minimum atomic E-state index is -3.76. The minimum absolute atomic E-state index is 0.0228. The minimum Gasteiger partial charge on any atom is -0.491 e. The molecule has 8 heteroatoms. The fourth-order valence-corrected chi connectivity index (χ4v) is 4.68. The maximum atomic E-state index is 11.3. The van der Waals surface area contributed by atoms with Crippen molar-refractivity contribution in [3.8, 4) is 5.75 Å². The van der Waals surface area contributed by atoms with Gasteiger partial charge in [0.25, 0.3) is 9.05 Å². The molecule has 4 nitrogen and oxygen atoms in total. The molecule has 21 heavy (non-hydrogen) atoms. The van der Waals surface area contributed by atoms with Gasteiger partial charge in [0.2, 0.25) is 0 Å². The van der Waals surface area contributed by atoms with E-state index in [1.54, 1.807) is 0 Å². The maximum absolute atomic E-state index is 11.3. The highest BCUT2D eigenvalue weighted by molar-refractivity contribution is 9.11. The Morgan fingerprint density at radius 3 is 2.52 bits per heavy atom. The van der Waals surface area contributed by atoms with Gasteiger partial charge in [-0.3, -0.25) is 0 Å². The first-order chi connectivity index (χ1) is 9.88. The molecule has 0 amide bonds. The normalized spacial score (nSPS) is 18.9. The monoisotopic (exact) mass is 460 g/mol. The van der Waals surface area contributed by atoms with E-state index in [0.29, 0.717) is 27.4 Å². The van der Waals surface area contributed by atoms with E-state index < -0.39 is 9.05 Å². The summed E-state index contributed by atoms with van der Waals surface area (Å²) in [7, 11) is 1.57. The lowest BCUT2D eigenvalue weighted by molar-refractivity contribution is 0.0980. The summed E-state index contributed by atoms with van der Waals surface area (Å²) >= 11 is 6.61. The Kier molecular flexibility index (Phi) is 6.38. The Morgan fingerprint density at radius 2 is 2.00 bits per heavy atom. The van der Waals surface area contributed by atoms with Crippen molar-refractivity contribution in [1.82, 2.24) is 0 Å². The van der Waals surface area contributed by atoms with E-state index in [0.717, 1.165) is 32.3 Å². The van der Waals surface area contributed by atoms with Crippen molar-refractivity contribution in [2.75, 3.05) is 13.2 Å². The largest absolute Gasteiger partial charge is 0.491 e. The van der Waals surface area contributed by atoms with Crippen LogP contribution in [0.25, 0.3) is 0 Å². The van der Waals surface area contributed by atoms with E-state index in [1.165, 1.54) is 12.1 Å². The Labute approximate surface area is 145 Å². The number of hydrogen-bond acceptors (Lipinski definition) is 4. The second-order valence-corrected chi connectivity index (χ2v) is 9.05. The molecular weight excluding hydrogens is 447 g/mol.